The minimum Gasteiger partial charge on any atom is -0.456 e. The van der Waals surface area contributed by atoms with Crippen molar-refractivity contribution in [2.75, 3.05) is 4.90 Å². The number of hydrogen-bond donors (Lipinski definition) is 0. The van der Waals surface area contributed by atoms with Gasteiger partial charge in [0.15, 0.2) is 0 Å². The summed E-state index contributed by atoms with van der Waals surface area (Å²) in [7, 11) is 0. The van der Waals surface area contributed by atoms with Crippen LogP contribution in [0.5, 0.6) is 0 Å². The van der Waals surface area contributed by atoms with Gasteiger partial charge in [-0.25, -0.2) is 0 Å². The summed E-state index contributed by atoms with van der Waals surface area (Å²) < 4.78 is 6.29. The van der Waals surface area contributed by atoms with E-state index < -0.39 is 0 Å². The normalized spacial score (nSPS) is 12.0. The van der Waals surface area contributed by atoms with Gasteiger partial charge in [-0.2, -0.15) is 0 Å². The molecule has 0 N–H and O–H groups in total. The number of para-hydroxylation sites is 1. The van der Waals surface area contributed by atoms with Crippen LogP contribution in [0.2, 0.25) is 0 Å². The van der Waals surface area contributed by atoms with E-state index in [1.54, 1.807) is 0 Å². The van der Waals surface area contributed by atoms with Crippen LogP contribution in [0.15, 0.2) is 217 Å². The van der Waals surface area contributed by atoms with Gasteiger partial charge in [-0.05, 0) is 141 Å². The molecule has 0 radical (unpaired) electrons. The van der Waals surface area contributed by atoms with Crippen molar-refractivity contribution in [3.05, 3.63) is 212 Å². The quantitative estimate of drug-likeness (QED) is 0.162. The Morgan fingerprint density at radius 1 is 0.250 bits per heavy atom. The molecule has 0 aliphatic rings. The van der Waals surface area contributed by atoms with Crippen LogP contribution in [0, 0.1) is 0 Å². The van der Waals surface area contributed by atoms with E-state index in [2.05, 4.69) is 205 Å². The molecule has 1 heterocycles. The zero-order valence-corrected chi connectivity index (χ0v) is 32.6. The van der Waals surface area contributed by atoms with Crippen LogP contribution in [0.3, 0.4) is 0 Å². The summed E-state index contributed by atoms with van der Waals surface area (Å²) in [6.07, 6.45) is 0. The zero-order valence-electron chi connectivity index (χ0n) is 32.6. The minimum atomic E-state index is 0.902. The fraction of sp³-hybridized carbons (Fsp3) is 0. The van der Waals surface area contributed by atoms with Crippen molar-refractivity contribution in [1.29, 1.82) is 0 Å². The molecule has 0 bridgehead atoms. The summed E-state index contributed by atoms with van der Waals surface area (Å²) >= 11 is 0. The molecule has 0 unspecified atom stereocenters. The molecule has 0 saturated carbocycles. The topological polar surface area (TPSA) is 16.4 Å². The molecule has 12 aromatic carbocycles. The summed E-state index contributed by atoms with van der Waals surface area (Å²) in [6.45, 7) is 0. The number of benzene rings is 11. The van der Waals surface area contributed by atoms with Crippen molar-refractivity contribution in [2.24, 2.45) is 0 Å². The summed E-state index contributed by atoms with van der Waals surface area (Å²) in [6, 6.07) is 77.8. The van der Waals surface area contributed by atoms with Gasteiger partial charge in [0.2, 0.25) is 0 Å². The first-order valence-corrected chi connectivity index (χ1v) is 20.7. The van der Waals surface area contributed by atoms with Gasteiger partial charge in [0.25, 0.3) is 0 Å². The van der Waals surface area contributed by atoms with E-state index in [0.29, 0.717) is 0 Å². The molecule has 0 aliphatic heterocycles. The summed E-state index contributed by atoms with van der Waals surface area (Å²) in [5.74, 6) is 0. The maximum Gasteiger partial charge on any atom is 0.136 e. The van der Waals surface area contributed by atoms with Crippen molar-refractivity contribution >= 4 is 104 Å². The summed E-state index contributed by atoms with van der Waals surface area (Å²) in [4.78, 5) is 2.42. The monoisotopic (exact) mass is 761 g/mol. The Morgan fingerprint density at radius 3 is 1.35 bits per heavy atom. The maximum atomic E-state index is 6.29. The van der Waals surface area contributed by atoms with Crippen molar-refractivity contribution in [1.82, 2.24) is 0 Å². The number of fused-ring (bicyclic) bond motifs is 5. The second kappa shape index (κ2) is 12.8. The van der Waals surface area contributed by atoms with Crippen molar-refractivity contribution in [3.63, 3.8) is 0 Å². The lowest BCUT2D eigenvalue weighted by Gasteiger charge is -2.27. The fourth-order valence-electron chi connectivity index (χ4n) is 9.99. The predicted octanol–water partition coefficient (Wildman–Crippen LogP) is 16.7. The zero-order chi connectivity index (χ0) is 39.3. The molecule has 0 saturated heterocycles. The van der Waals surface area contributed by atoms with Crippen molar-refractivity contribution in [2.45, 2.75) is 0 Å². The SMILES string of the molecule is c1ccc(-c2ccc(N(c3ccc(-c4ccc5c(c4)oc4ccccc45)cc3)c3cc4ccc5cccc6c7cccc8ccc9cccc(c(c3)c4c56)c9c87)cc2)cc1. The molecule has 0 fully saturated rings. The third-order valence-corrected chi connectivity index (χ3v) is 12.7. The first-order valence-electron chi connectivity index (χ1n) is 20.7. The lowest BCUT2D eigenvalue weighted by Crippen LogP contribution is -2.10. The van der Waals surface area contributed by atoms with E-state index in [-0.39, 0.29) is 0 Å². The van der Waals surface area contributed by atoms with Crippen LogP contribution in [0.25, 0.3) is 109 Å². The standard InChI is InChI=1S/C58H35NO/c1-2-9-36(10-3-1)37-23-28-44(29-24-37)59(45-30-25-38(26-31-45)42-27-32-48-47-14-4-5-18-53(47)60-54(48)34-42)46-33-43-22-21-41-12-7-16-50-49-15-6-11-39-19-20-40-13-8-17-51(57(40)55(39)49)52(35-46)58(43)56(41)50/h1-35H. The van der Waals surface area contributed by atoms with Gasteiger partial charge in [-0.1, -0.05) is 158 Å². The number of nitrogens with zero attached hydrogens (tertiary/aromatic N) is 1. The highest BCUT2D eigenvalue weighted by atomic mass is 16.3. The van der Waals surface area contributed by atoms with E-state index in [0.717, 1.165) is 50.1 Å². The van der Waals surface area contributed by atoms with Crippen LogP contribution in [0.1, 0.15) is 0 Å². The second-order valence-corrected chi connectivity index (χ2v) is 16.0. The number of anilines is 3. The number of hydrogen-bond acceptors (Lipinski definition) is 2. The molecule has 278 valence electrons. The van der Waals surface area contributed by atoms with Crippen LogP contribution in [-0.2, 0) is 0 Å². The third kappa shape index (κ3) is 4.95. The minimum absolute atomic E-state index is 0.902. The van der Waals surface area contributed by atoms with Crippen molar-refractivity contribution in [3.8, 4) is 22.3 Å². The highest BCUT2D eigenvalue weighted by molar-refractivity contribution is 6.37. The third-order valence-electron chi connectivity index (χ3n) is 12.7. The van der Waals surface area contributed by atoms with Crippen LogP contribution in [0.4, 0.5) is 17.1 Å². The molecule has 60 heavy (non-hydrogen) atoms. The summed E-state index contributed by atoms with van der Waals surface area (Å²) in [5, 5.41) is 17.6. The van der Waals surface area contributed by atoms with E-state index in [1.165, 1.54) is 75.8 Å². The predicted molar refractivity (Wildman–Crippen MR) is 255 cm³/mol. The average Bonchev–Trinajstić information content (AvgIpc) is 3.69. The van der Waals surface area contributed by atoms with Gasteiger partial charge >= 0.3 is 0 Å². The Bertz CT molecular complexity index is 3800. The average molecular weight is 762 g/mol. The molecule has 13 aromatic rings. The molecule has 0 aliphatic carbocycles. The largest absolute Gasteiger partial charge is 0.456 e. The van der Waals surface area contributed by atoms with Crippen LogP contribution >= 0.6 is 0 Å². The molecule has 0 spiro atoms. The summed E-state index contributed by atoms with van der Waals surface area (Å²) in [5.41, 5.74) is 9.75. The highest BCUT2D eigenvalue weighted by Gasteiger charge is 2.20. The Kier molecular flexibility index (Phi) is 7.05. The van der Waals surface area contributed by atoms with Crippen LogP contribution in [-0.4, -0.2) is 0 Å². The molecule has 0 atom stereocenters. The lowest BCUT2D eigenvalue weighted by molar-refractivity contribution is 0.669. The van der Waals surface area contributed by atoms with Gasteiger partial charge < -0.3 is 9.32 Å². The van der Waals surface area contributed by atoms with Gasteiger partial charge in [0.1, 0.15) is 11.2 Å². The van der Waals surface area contributed by atoms with E-state index in [9.17, 15) is 0 Å². The Morgan fingerprint density at radius 2 is 0.717 bits per heavy atom. The first-order chi connectivity index (χ1) is 29.7. The molecule has 0 amide bonds. The Hall–Kier alpha value is -7.94. The molecule has 2 heteroatoms. The molecule has 2 nitrogen and oxygen atoms in total. The fourth-order valence-corrected chi connectivity index (χ4v) is 9.99. The van der Waals surface area contributed by atoms with E-state index >= 15 is 0 Å². The van der Waals surface area contributed by atoms with E-state index in [4.69, 9.17) is 4.42 Å². The lowest BCUT2D eigenvalue weighted by atomic mass is 9.87. The highest BCUT2D eigenvalue weighted by Crippen LogP contribution is 2.46. The molecular formula is C58H35NO. The van der Waals surface area contributed by atoms with Gasteiger partial charge in [-0.15, -0.1) is 0 Å². The number of rotatable bonds is 5. The van der Waals surface area contributed by atoms with Crippen LogP contribution < -0.4 is 4.90 Å². The molecule has 1 aromatic heterocycles. The number of furan rings is 1. The van der Waals surface area contributed by atoms with Crippen molar-refractivity contribution < 1.29 is 4.42 Å². The van der Waals surface area contributed by atoms with Gasteiger partial charge in [0, 0.05) is 27.8 Å². The Labute approximate surface area is 346 Å². The maximum absolute atomic E-state index is 6.29. The molecule has 13 rings (SSSR count). The Balaban J connectivity index is 1.06. The smallest absolute Gasteiger partial charge is 0.136 e. The van der Waals surface area contributed by atoms with Gasteiger partial charge in [-0.3, -0.25) is 0 Å². The van der Waals surface area contributed by atoms with E-state index in [1.807, 2.05) is 12.1 Å². The first kappa shape index (κ1) is 33.1. The second-order valence-electron chi connectivity index (χ2n) is 16.0. The van der Waals surface area contributed by atoms with Gasteiger partial charge in [0.05, 0.1) is 0 Å². The molecular weight excluding hydrogens is 727 g/mol.